The molecule has 61 heavy (non-hydrogen) atoms. The Morgan fingerprint density at radius 1 is 0.803 bits per heavy atom. The topological polar surface area (TPSA) is 168 Å². The zero-order valence-corrected chi connectivity index (χ0v) is 35.2. The Balaban J connectivity index is 0.675. The van der Waals surface area contributed by atoms with Gasteiger partial charge in [0.15, 0.2) is 5.65 Å². The van der Waals surface area contributed by atoms with Crippen LogP contribution in [-0.2, 0) is 30.3 Å². The summed E-state index contributed by atoms with van der Waals surface area (Å²) < 4.78 is 30.6. The van der Waals surface area contributed by atoms with Crippen LogP contribution in [0.1, 0.15) is 47.6 Å². The van der Waals surface area contributed by atoms with Crippen LogP contribution in [0.25, 0.3) is 22.3 Å². The van der Waals surface area contributed by atoms with E-state index < -0.39 is 0 Å². The Hall–Kier alpha value is -5.10. The standard InChI is InChI=1S/C45H54N8O7S/c46-43-41-42(32-11-13-36(14-12-32)60-35-7-2-1-3-8-35)50-53(44(41)49-31-48-43)33-15-18-51(19-16-33)40(54)30-59-25-24-57-21-20-56-22-23-58-26-27-61-39-10-4-9-37-38(39)29-52(45(37)55)34-6-5-17-47-28-34/h1-4,7-14,31,33-34,47H,5-6,15-30H2,(H2,46,48,49). The van der Waals surface area contributed by atoms with Crippen LogP contribution in [0, 0.1) is 0 Å². The van der Waals surface area contributed by atoms with Crippen molar-refractivity contribution < 1.29 is 33.3 Å². The van der Waals surface area contributed by atoms with Crippen LogP contribution < -0.4 is 15.8 Å². The number of fused-ring (bicyclic) bond motifs is 2. The maximum atomic E-state index is 13.1. The molecule has 2 amide bonds. The number of nitrogen functional groups attached to an aromatic ring is 1. The molecule has 8 rings (SSSR count). The lowest BCUT2D eigenvalue weighted by molar-refractivity contribution is -0.138. The SMILES string of the molecule is Nc1ncnc2c1c(-c1ccc(Oc3ccccc3)cc1)nn2C1CCN(C(=O)COCCOCCOCCOCCSc2cccc3c2CN(C2CCCNC2)C3=O)CC1. The number of piperidine rings is 2. The molecule has 0 saturated carbocycles. The molecule has 15 nitrogen and oxygen atoms in total. The first kappa shape index (κ1) is 42.6. The number of benzene rings is 3. The first-order valence-corrected chi connectivity index (χ1v) is 22.2. The average Bonchev–Trinajstić information content (AvgIpc) is 3.86. The fraction of sp³-hybridized carbons (Fsp3) is 0.444. The molecule has 5 aromatic rings. The van der Waals surface area contributed by atoms with Gasteiger partial charge in [-0.15, -0.1) is 11.8 Å². The van der Waals surface area contributed by atoms with Crippen LogP contribution in [0.5, 0.6) is 11.5 Å². The molecule has 322 valence electrons. The second kappa shape index (κ2) is 21.1. The molecule has 0 aliphatic carbocycles. The Labute approximate surface area is 360 Å². The first-order chi connectivity index (χ1) is 30.0. The average molecular weight is 851 g/mol. The fourth-order valence-corrected chi connectivity index (χ4v) is 9.04. The highest BCUT2D eigenvalue weighted by Gasteiger charge is 2.34. The molecule has 0 bridgehead atoms. The van der Waals surface area contributed by atoms with Crippen LogP contribution in [0.2, 0.25) is 0 Å². The van der Waals surface area contributed by atoms with Gasteiger partial charge in [0.05, 0.1) is 57.7 Å². The van der Waals surface area contributed by atoms with E-state index in [0.29, 0.717) is 94.2 Å². The molecule has 2 aromatic heterocycles. The van der Waals surface area contributed by atoms with Crippen LogP contribution in [0.15, 0.2) is 84.0 Å². The second-order valence-corrected chi connectivity index (χ2v) is 16.4. The van der Waals surface area contributed by atoms with Crippen molar-refractivity contribution in [1.29, 1.82) is 0 Å². The maximum absolute atomic E-state index is 13.1. The minimum absolute atomic E-state index is 0.00420. The van der Waals surface area contributed by atoms with Gasteiger partial charge in [0.1, 0.15) is 35.9 Å². The molecule has 3 aliphatic rings. The molecule has 3 aliphatic heterocycles. The zero-order chi connectivity index (χ0) is 41.8. The molecule has 0 radical (unpaired) electrons. The molecule has 5 heterocycles. The molecule has 1 unspecified atom stereocenters. The summed E-state index contributed by atoms with van der Waals surface area (Å²) in [7, 11) is 0. The van der Waals surface area contributed by atoms with Crippen molar-refractivity contribution in [2.24, 2.45) is 0 Å². The van der Waals surface area contributed by atoms with Crippen molar-refractivity contribution >= 4 is 40.4 Å². The minimum Gasteiger partial charge on any atom is -0.457 e. The van der Waals surface area contributed by atoms with Gasteiger partial charge in [-0.2, -0.15) is 5.10 Å². The Bertz CT molecular complexity index is 2210. The molecule has 3 N–H and O–H groups in total. The van der Waals surface area contributed by atoms with E-state index in [1.54, 1.807) is 11.8 Å². The van der Waals surface area contributed by atoms with Crippen LogP contribution >= 0.6 is 11.8 Å². The number of para-hydroxylation sites is 1. The van der Waals surface area contributed by atoms with Crippen molar-refractivity contribution in [3.8, 4) is 22.8 Å². The van der Waals surface area contributed by atoms with Gasteiger partial charge >= 0.3 is 0 Å². The number of nitrogens with one attached hydrogen (secondary N) is 1. The lowest BCUT2D eigenvalue weighted by atomic mass is 10.1. The molecule has 0 spiro atoms. The number of carbonyl (C=O) groups excluding carboxylic acids is 2. The van der Waals surface area contributed by atoms with E-state index in [1.165, 1.54) is 6.33 Å². The van der Waals surface area contributed by atoms with Crippen molar-refractivity contribution in [1.82, 2.24) is 34.9 Å². The van der Waals surface area contributed by atoms with E-state index in [0.717, 1.165) is 71.9 Å². The van der Waals surface area contributed by atoms with Crippen molar-refractivity contribution in [3.63, 3.8) is 0 Å². The molecular weight excluding hydrogens is 797 g/mol. The van der Waals surface area contributed by atoms with Gasteiger partial charge in [0.25, 0.3) is 5.91 Å². The number of rotatable bonds is 20. The van der Waals surface area contributed by atoms with Crippen molar-refractivity contribution in [2.75, 3.05) is 90.5 Å². The van der Waals surface area contributed by atoms with E-state index >= 15 is 0 Å². The van der Waals surface area contributed by atoms with Crippen LogP contribution in [0.3, 0.4) is 0 Å². The molecule has 2 fully saturated rings. The highest BCUT2D eigenvalue weighted by molar-refractivity contribution is 7.99. The molecule has 3 aromatic carbocycles. The number of hydrogen-bond acceptors (Lipinski definition) is 13. The van der Waals surface area contributed by atoms with E-state index in [4.69, 9.17) is 34.5 Å². The first-order valence-electron chi connectivity index (χ1n) is 21.2. The van der Waals surface area contributed by atoms with E-state index in [9.17, 15) is 9.59 Å². The van der Waals surface area contributed by atoms with Crippen LogP contribution in [-0.4, -0.2) is 132 Å². The van der Waals surface area contributed by atoms with Gasteiger partial charge in [0.2, 0.25) is 5.91 Å². The lowest BCUT2D eigenvalue weighted by Crippen LogP contribution is -2.46. The number of anilines is 1. The highest BCUT2D eigenvalue weighted by Crippen LogP contribution is 2.36. The number of nitrogens with two attached hydrogens (primary N) is 1. The van der Waals surface area contributed by atoms with Gasteiger partial charge in [-0.1, -0.05) is 24.3 Å². The maximum Gasteiger partial charge on any atom is 0.254 e. The zero-order valence-electron chi connectivity index (χ0n) is 34.4. The Morgan fingerprint density at radius 2 is 1.52 bits per heavy atom. The van der Waals surface area contributed by atoms with Gasteiger partial charge in [-0.05, 0) is 86.3 Å². The van der Waals surface area contributed by atoms with E-state index in [2.05, 4.69) is 21.4 Å². The quantitative estimate of drug-likeness (QED) is 0.0735. The number of ether oxygens (including phenoxy) is 5. The molecule has 1 atom stereocenters. The van der Waals surface area contributed by atoms with Gasteiger partial charge in [-0.25, -0.2) is 14.6 Å². The van der Waals surface area contributed by atoms with Gasteiger partial charge in [0, 0.05) is 54.0 Å². The fourth-order valence-electron chi connectivity index (χ4n) is 8.09. The number of carbonyl (C=O) groups is 2. The summed E-state index contributed by atoms with van der Waals surface area (Å²) in [6, 6.07) is 23.7. The Kier molecular flexibility index (Phi) is 14.7. The largest absolute Gasteiger partial charge is 0.457 e. The number of hydrogen-bond donors (Lipinski definition) is 2. The lowest BCUT2D eigenvalue weighted by Gasteiger charge is -2.32. The number of aromatic nitrogens is 4. The van der Waals surface area contributed by atoms with E-state index in [-0.39, 0.29) is 30.5 Å². The third-order valence-electron chi connectivity index (χ3n) is 11.3. The van der Waals surface area contributed by atoms with E-state index in [1.807, 2.05) is 81.2 Å². The summed E-state index contributed by atoms with van der Waals surface area (Å²) in [6.07, 6.45) is 5.07. The number of nitrogens with zero attached hydrogens (tertiary/aromatic N) is 6. The third kappa shape index (κ3) is 10.7. The monoisotopic (exact) mass is 850 g/mol. The smallest absolute Gasteiger partial charge is 0.254 e. The van der Waals surface area contributed by atoms with Crippen molar-refractivity contribution in [2.45, 2.75) is 49.2 Å². The summed E-state index contributed by atoms with van der Waals surface area (Å²) in [5.74, 6) is 2.76. The van der Waals surface area contributed by atoms with Crippen molar-refractivity contribution in [3.05, 3.63) is 90.3 Å². The van der Waals surface area contributed by atoms with Gasteiger partial charge < -0.3 is 44.5 Å². The summed E-state index contributed by atoms with van der Waals surface area (Å²) in [6.45, 7) is 6.92. The third-order valence-corrected chi connectivity index (χ3v) is 12.3. The molecular formula is C45H54N8O7S. The summed E-state index contributed by atoms with van der Waals surface area (Å²) in [5.41, 5.74) is 10.6. The predicted molar refractivity (Wildman–Crippen MR) is 233 cm³/mol. The predicted octanol–water partition coefficient (Wildman–Crippen LogP) is 5.60. The minimum atomic E-state index is -0.0440. The number of amides is 2. The highest BCUT2D eigenvalue weighted by atomic mass is 32.2. The summed E-state index contributed by atoms with van der Waals surface area (Å²) in [4.78, 5) is 39.9. The van der Waals surface area contributed by atoms with Gasteiger partial charge in [-0.3, -0.25) is 9.59 Å². The number of likely N-dealkylation sites (tertiary alicyclic amines) is 1. The summed E-state index contributed by atoms with van der Waals surface area (Å²) >= 11 is 1.74. The number of thioether (sulfide) groups is 1. The van der Waals surface area contributed by atoms with Crippen LogP contribution in [0.4, 0.5) is 5.82 Å². The normalized spacial score (nSPS) is 17.0. The molecule has 2 saturated heterocycles. The second-order valence-electron chi connectivity index (χ2n) is 15.3. The summed E-state index contributed by atoms with van der Waals surface area (Å²) in [5, 5.41) is 9.14. The Morgan fingerprint density at radius 3 is 2.26 bits per heavy atom. The molecule has 16 heteroatoms.